The number of nitrogens with zero attached hydrogens (tertiary/aromatic N) is 5. The number of amides is 1. The number of hydrogen-bond acceptors (Lipinski definition) is 7. The largest absolute Gasteiger partial charge is 0.489 e. The van der Waals surface area contributed by atoms with Crippen molar-refractivity contribution in [1.82, 2.24) is 15.3 Å². The van der Waals surface area contributed by atoms with Crippen molar-refractivity contribution in [1.29, 1.82) is 5.26 Å². The number of carbonyl (C=O) groups excluding carboxylic acids is 1. The Morgan fingerprint density at radius 2 is 2.00 bits per heavy atom. The quantitative estimate of drug-likeness (QED) is 0.692. The summed E-state index contributed by atoms with van der Waals surface area (Å²) >= 11 is 0. The van der Waals surface area contributed by atoms with Crippen molar-refractivity contribution < 1.29 is 9.53 Å². The fourth-order valence-electron chi connectivity index (χ4n) is 4.74. The van der Waals surface area contributed by atoms with Crippen LogP contribution in [0.5, 0.6) is 5.75 Å². The van der Waals surface area contributed by atoms with Gasteiger partial charge in [-0.05, 0) is 37.5 Å². The number of ether oxygens (including phenoxy) is 1. The van der Waals surface area contributed by atoms with Gasteiger partial charge < -0.3 is 19.9 Å². The van der Waals surface area contributed by atoms with Crippen molar-refractivity contribution in [3.8, 4) is 11.8 Å². The van der Waals surface area contributed by atoms with Crippen LogP contribution in [0.3, 0.4) is 0 Å². The average Bonchev–Trinajstić information content (AvgIpc) is 3.51. The highest BCUT2D eigenvalue weighted by molar-refractivity contribution is 5.73. The molecule has 1 aromatic carbocycles. The minimum Gasteiger partial charge on any atom is -0.489 e. The minimum atomic E-state index is -0.0482. The lowest BCUT2D eigenvalue weighted by Gasteiger charge is -2.26. The topological polar surface area (TPSA) is 94.4 Å². The Bertz CT molecular complexity index is 1010. The lowest BCUT2D eigenvalue weighted by Crippen LogP contribution is -2.32. The van der Waals surface area contributed by atoms with Crippen LogP contribution in [0.4, 0.5) is 11.8 Å². The van der Waals surface area contributed by atoms with Gasteiger partial charge in [-0.1, -0.05) is 25.0 Å². The molecule has 2 aliphatic rings. The van der Waals surface area contributed by atoms with Crippen LogP contribution >= 0.6 is 0 Å². The minimum absolute atomic E-state index is 0.0149. The highest BCUT2D eigenvalue weighted by Crippen LogP contribution is 2.29. The van der Waals surface area contributed by atoms with Gasteiger partial charge >= 0.3 is 0 Å². The Labute approximate surface area is 195 Å². The van der Waals surface area contributed by atoms with E-state index in [4.69, 9.17) is 9.72 Å². The summed E-state index contributed by atoms with van der Waals surface area (Å²) in [4.78, 5) is 24.8. The summed E-state index contributed by atoms with van der Waals surface area (Å²) in [5.74, 6) is 2.13. The Balaban J connectivity index is 1.41. The second kappa shape index (κ2) is 10.1. The maximum Gasteiger partial charge on any atom is 0.227 e. The summed E-state index contributed by atoms with van der Waals surface area (Å²) in [6, 6.07) is 10.5. The molecule has 1 saturated heterocycles. The zero-order valence-corrected chi connectivity index (χ0v) is 19.6. The number of nitrogens with one attached hydrogen (secondary N) is 1. The predicted molar refractivity (Wildman–Crippen MR) is 127 cm³/mol. The third-order valence-electron chi connectivity index (χ3n) is 6.61. The molecule has 1 aromatic heterocycles. The van der Waals surface area contributed by atoms with E-state index >= 15 is 0 Å². The highest BCUT2D eigenvalue weighted by Gasteiger charge is 2.29. The number of aromatic nitrogens is 2. The monoisotopic (exact) mass is 448 g/mol. The first-order valence-corrected chi connectivity index (χ1v) is 11.7. The maximum absolute atomic E-state index is 11.3. The normalized spacial score (nSPS) is 19.2. The zero-order chi connectivity index (χ0) is 23.4. The first-order valence-electron chi connectivity index (χ1n) is 11.7. The number of nitriles is 1. The van der Waals surface area contributed by atoms with Gasteiger partial charge in [0.05, 0.1) is 18.8 Å². The molecular weight excluding hydrogens is 416 g/mol. The van der Waals surface area contributed by atoms with Gasteiger partial charge in [-0.2, -0.15) is 10.2 Å². The molecule has 1 amide bonds. The summed E-state index contributed by atoms with van der Waals surface area (Å²) in [5, 5.41) is 12.5. The molecule has 33 heavy (non-hydrogen) atoms. The summed E-state index contributed by atoms with van der Waals surface area (Å²) < 4.78 is 6.21. The summed E-state index contributed by atoms with van der Waals surface area (Å²) in [6.45, 7) is 4.92. The lowest BCUT2D eigenvalue weighted by molar-refractivity contribution is -0.119. The molecule has 2 aromatic rings. The van der Waals surface area contributed by atoms with Crippen LogP contribution < -0.4 is 19.9 Å². The Hall–Kier alpha value is -3.34. The van der Waals surface area contributed by atoms with Crippen molar-refractivity contribution in [3.63, 3.8) is 0 Å². The molecule has 0 spiro atoms. The third-order valence-corrected chi connectivity index (χ3v) is 6.61. The molecule has 2 fully saturated rings. The molecule has 8 nitrogen and oxygen atoms in total. The van der Waals surface area contributed by atoms with Gasteiger partial charge in [0, 0.05) is 33.0 Å². The van der Waals surface area contributed by atoms with Crippen LogP contribution in [0.2, 0.25) is 0 Å². The van der Waals surface area contributed by atoms with E-state index in [1.54, 1.807) is 6.20 Å². The summed E-state index contributed by atoms with van der Waals surface area (Å²) in [5.41, 5.74) is 1.53. The lowest BCUT2D eigenvalue weighted by atomic mass is 10.1. The summed E-state index contributed by atoms with van der Waals surface area (Å²) in [6.07, 6.45) is 7.33. The van der Waals surface area contributed by atoms with Gasteiger partial charge in [-0.3, -0.25) is 4.79 Å². The molecule has 0 radical (unpaired) electrons. The standard InChI is InChI=1S/C25H32N6O2/c1-17(28-18(2)32)19-8-10-22(11-9-19)33-23-12-13-31(16-23)24-20(14-26)15-27-25(29-24)30(3)21-6-4-5-7-21/h8-11,15,17,21,23H,4-7,12-13,16H2,1-3H3,(H,28,32)/t17-,23+/m0/s1. The zero-order valence-electron chi connectivity index (χ0n) is 19.6. The van der Waals surface area contributed by atoms with Gasteiger partial charge in [-0.25, -0.2) is 4.98 Å². The molecule has 2 heterocycles. The van der Waals surface area contributed by atoms with E-state index in [-0.39, 0.29) is 18.1 Å². The number of rotatable bonds is 7. The van der Waals surface area contributed by atoms with E-state index in [0.29, 0.717) is 29.9 Å². The van der Waals surface area contributed by atoms with Crippen LogP contribution in [0.25, 0.3) is 0 Å². The number of hydrogen-bond donors (Lipinski definition) is 1. The number of benzene rings is 1. The van der Waals surface area contributed by atoms with Crippen LogP contribution in [-0.4, -0.2) is 48.2 Å². The van der Waals surface area contributed by atoms with E-state index in [9.17, 15) is 10.1 Å². The molecule has 174 valence electrons. The first-order chi connectivity index (χ1) is 15.9. The van der Waals surface area contributed by atoms with Gasteiger partial charge in [0.2, 0.25) is 11.9 Å². The van der Waals surface area contributed by atoms with Crippen molar-refractivity contribution >= 4 is 17.7 Å². The van der Waals surface area contributed by atoms with Gasteiger partial charge in [0.15, 0.2) is 5.82 Å². The van der Waals surface area contributed by atoms with E-state index < -0.39 is 0 Å². The fourth-order valence-corrected chi connectivity index (χ4v) is 4.74. The van der Waals surface area contributed by atoms with E-state index in [1.165, 1.54) is 19.8 Å². The van der Waals surface area contributed by atoms with Gasteiger partial charge in [-0.15, -0.1) is 0 Å². The smallest absolute Gasteiger partial charge is 0.227 e. The Kier molecular flexibility index (Phi) is 6.97. The van der Waals surface area contributed by atoms with Crippen LogP contribution in [0, 0.1) is 11.3 Å². The molecule has 0 bridgehead atoms. The van der Waals surface area contributed by atoms with Crippen LogP contribution in [0.15, 0.2) is 30.5 Å². The predicted octanol–water partition coefficient (Wildman–Crippen LogP) is 3.58. The molecule has 8 heteroatoms. The van der Waals surface area contributed by atoms with Crippen molar-refractivity contribution in [2.45, 2.75) is 64.1 Å². The van der Waals surface area contributed by atoms with Crippen LogP contribution in [-0.2, 0) is 4.79 Å². The molecule has 2 atom stereocenters. The van der Waals surface area contributed by atoms with E-state index in [2.05, 4.69) is 26.2 Å². The van der Waals surface area contributed by atoms with E-state index in [0.717, 1.165) is 37.1 Å². The molecule has 1 saturated carbocycles. The molecule has 0 unspecified atom stereocenters. The molecule has 1 aliphatic carbocycles. The molecule has 1 N–H and O–H groups in total. The maximum atomic E-state index is 11.3. The molecule has 1 aliphatic heterocycles. The first kappa shape index (κ1) is 22.8. The van der Waals surface area contributed by atoms with Crippen molar-refractivity contribution in [3.05, 3.63) is 41.6 Å². The number of anilines is 2. The second-order valence-electron chi connectivity index (χ2n) is 9.03. The van der Waals surface area contributed by atoms with Crippen LogP contribution in [0.1, 0.15) is 63.1 Å². The summed E-state index contributed by atoms with van der Waals surface area (Å²) in [7, 11) is 2.05. The van der Waals surface area contributed by atoms with E-state index in [1.807, 2.05) is 38.2 Å². The molecule has 4 rings (SSSR count). The average molecular weight is 449 g/mol. The van der Waals surface area contributed by atoms with Crippen molar-refractivity contribution in [2.75, 3.05) is 29.9 Å². The van der Waals surface area contributed by atoms with Crippen molar-refractivity contribution in [2.24, 2.45) is 0 Å². The SMILES string of the molecule is CC(=O)N[C@@H](C)c1ccc(O[C@@H]2CCN(c3nc(N(C)C4CCCC4)ncc3C#N)C2)cc1. The third kappa shape index (κ3) is 5.36. The Morgan fingerprint density at radius 1 is 1.27 bits per heavy atom. The van der Waals surface area contributed by atoms with Gasteiger partial charge in [0.1, 0.15) is 23.5 Å². The second-order valence-corrected chi connectivity index (χ2v) is 9.03. The Morgan fingerprint density at radius 3 is 2.67 bits per heavy atom. The fraction of sp³-hybridized carbons (Fsp3) is 0.520. The highest BCUT2D eigenvalue weighted by atomic mass is 16.5. The molecular formula is C25H32N6O2. The number of carbonyl (C=O) groups is 1. The van der Waals surface area contributed by atoms with Gasteiger partial charge in [0.25, 0.3) is 0 Å².